The van der Waals surface area contributed by atoms with Crippen LogP contribution in [0.4, 0.5) is 11.5 Å². The number of imidazole rings is 1. The van der Waals surface area contributed by atoms with Gasteiger partial charge in [-0.05, 0) is 57.7 Å². The maximum absolute atomic E-state index is 6.77. The van der Waals surface area contributed by atoms with Crippen molar-refractivity contribution in [2.24, 2.45) is 7.05 Å². The first-order valence-corrected chi connectivity index (χ1v) is 20.9. The normalized spacial score (nSPS) is 13.2. The summed E-state index contributed by atoms with van der Waals surface area (Å²) in [6.07, 6.45) is 1.89. The molecule has 1 aliphatic rings. The van der Waals surface area contributed by atoms with E-state index in [1.165, 1.54) is 38.9 Å². The monoisotopic (exact) mass is 931 g/mol. The number of para-hydroxylation sites is 2. The second-order valence-electron chi connectivity index (χ2n) is 18.6. The summed E-state index contributed by atoms with van der Waals surface area (Å²) in [5.41, 5.74) is 15.2. The average molecular weight is 932 g/mol. The Morgan fingerprint density at radius 2 is 1.30 bits per heavy atom. The number of ether oxygens (including phenoxy) is 1. The molecule has 0 saturated heterocycles. The van der Waals surface area contributed by atoms with Crippen LogP contribution in [-0.2, 0) is 49.2 Å². The minimum atomic E-state index is -0.114. The van der Waals surface area contributed by atoms with Gasteiger partial charge in [-0.2, -0.15) is 0 Å². The molecule has 7 aromatic rings. The molecule has 0 fully saturated rings. The molecule has 0 bridgehead atoms. The molecule has 2 aromatic heterocycles. The van der Waals surface area contributed by atoms with Gasteiger partial charge in [0.1, 0.15) is 0 Å². The second-order valence-corrected chi connectivity index (χ2v) is 19.6. The Bertz CT molecular complexity index is 2720. The Hall–Kier alpha value is -4.99. The minimum absolute atomic E-state index is 0.0349. The molecule has 0 unspecified atom stereocenters. The van der Waals surface area contributed by atoms with E-state index in [2.05, 4.69) is 207 Å². The fraction of sp³-hybridized carbons (Fsp3) is 0.294. The summed E-state index contributed by atoms with van der Waals surface area (Å²) < 4.78 is 12.3. The average Bonchev–Trinajstić information content (AvgIpc) is 3.41. The zero-order valence-corrected chi connectivity index (χ0v) is 37.3. The molecule has 5 nitrogen and oxygen atoms in total. The molecule has 8 rings (SSSR count). The van der Waals surface area contributed by atoms with Crippen LogP contribution in [0.15, 0.2) is 103 Å². The third kappa shape index (κ3) is 7.48. The quantitative estimate of drug-likeness (QED) is 0.161. The van der Waals surface area contributed by atoms with Gasteiger partial charge in [0.25, 0.3) is 0 Å². The van der Waals surface area contributed by atoms with Gasteiger partial charge in [0.05, 0.1) is 0 Å². The first-order valence-electron chi connectivity index (χ1n) is 19.8. The summed E-state index contributed by atoms with van der Waals surface area (Å²) in [5.74, 6) is 2.17. The van der Waals surface area contributed by atoms with E-state index in [1.807, 2.05) is 18.3 Å². The standard InChI is InChI=1S/C51H52N4O.Pt/c1-33-20-21-52-48(22-33)54-31-36-23-34(35-24-37(49(2,3)4)26-38(25-35)50(5,6)7)16-18-43(36)44-19-17-41(30-47(44)54)56-42-28-39(51(8,9)10)27-40(29-42)55-32-53(11)45-14-12-13-15-46(45)55;/h12-28H,31H2,1-11H3;/q-2;. The van der Waals surface area contributed by atoms with Gasteiger partial charge in [0.15, 0.2) is 0 Å². The van der Waals surface area contributed by atoms with Crippen molar-refractivity contribution in [3.8, 4) is 39.4 Å². The van der Waals surface area contributed by atoms with Gasteiger partial charge in [-0.3, -0.25) is 0 Å². The second kappa shape index (κ2) is 14.1. The Morgan fingerprint density at radius 3 is 1.96 bits per heavy atom. The van der Waals surface area contributed by atoms with Crippen LogP contribution >= 0.6 is 0 Å². The van der Waals surface area contributed by atoms with Gasteiger partial charge < -0.3 is 0 Å². The van der Waals surface area contributed by atoms with Crippen LogP contribution in [0.25, 0.3) is 39.0 Å². The number of rotatable bonds is 5. The molecular weight excluding hydrogens is 880 g/mol. The van der Waals surface area contributed by atoms with Gasteiger partial charge >= 0.3 is 221 Å². The van der Waals surface area contributed by atoms with Crippen molar-refractivity contribution in [2.45, 2.75) is 92.0 Å². The summed E-state index contributed by atoms with van der Waals surface area (Å²) in [5, 5.41) is 0. The molecular formula is C51H52N4OPt-2. The van der Waals surface area contributed by atoms with Gasteiger partial charge in [-0.1, -0.05) is 65.8 Å². The fourth-order valence-corrected chi connectivity index (χ4v) is 8.46. The number of aryl methyl sites for hydroxylation is 2. The van der Waals surface area contributed by atoms with Crippen molar-refractivity contribution < 1.29 is 24.1 Å². The number of aromatic nitrogens is 3. The number of pyridine rings is 1. The summed E-state index contributed by atoms with van der Waals surface area (Å²) in [4.78, 5) is 7.16. The zero-order chi connectivity index (χ0) is 40.6. The number of nitrogens with zero attached hydrogens (tertiary/aromatic N) is 4. The zero-order valence-electron chi connectivity index (χ0n) is 35.0. The SMILES string of the molecule is Cc1ccnc(N2Cc3cc(-c4cc(C(C)(C)C)cc(C(C)(C)C)c4)ccc3-c3ccc(Oc4[c-]c(-n5[c](=[Pt])n(C)c6ccccc65)cc(C(C)(C)C)c4)[c-]c32)c1. The van der Waals surface area contributed by atoms with Crippen LogP contribution in [0, 0.1) is 22.9 Å². The van der Waals surface area contributed by atoms with Crippen molar-refractivity contribution >= 4 is 22.5 Å². The van der Waals surface area contributed by atoms with Crippen molar-refractivity contribution in [3.63, 3.8) is 0 Å². The Labute approximate surface area is 349 Å². The molecule has 6 heteroatoms. The van der Waals surface area contributed by atoms with E-state index in [0.717, 1.165) is 43.2 Å². The molecule has 57 heavy (non-hydrogen) atoms. The molecule has 294 valence electrons. The fourth-order valence-electron chi connectivity index (χ4n) is 7.64. The third-order valence-corrected chi connectivity index (χ3v) is 12.4. The third-order valence-electron chi connectivity index (χ3n) is 11.1. The van der Waals surface area contributed by atoms with E-state index in [-0.39, 0.29) is 16.2 Å². The Kier molecular flexibility index (Phi) is 9.64. The van der Waals surface area contributed by atoms with E-state index >= 15 is 0 Å². The van der Waals surface area contributed by atoms with Crippen LogP contribution < -0.4 is 9.64 Å². The van der Waals surface area contributed by atoms with Crippen LogP contribution in [0.5, 0.6) is 11.5 Å². The van der Waals surface area contributed by atoms with Crippen molar-refractivity contribution in [2.75, 3.05) is 4.90 Å². The molecule has 0 amide bonds. The summed E-state index contributed by atoms with van der Waals surface area (Å²) >= 11 is 2.40. The van der Waals surface area contributed by atoms with Crippen LogP contribution in [0.2, 0.25) is 0 Å². The molecule has 1 aliphatic heterocycles. The molecule has 0 radical (unpaired) electrons. The van der Waals surface area contributed by atoms with Crippen molar-refractivity contribution in [1.29, 1.82) is 0 Å². The first kappa shape index (κ1) is 38.9. The van der Waals surface area contributed by atoms with Crippen LogP contribution in [0.3, 0.4) is 0 Å². The summed E-state index contributed by atoms with van der Waals surface area (Å²) in [7, 11) is 2.11. The predicted molar refractivity (Wildman–Crippen MR) is 231 cm³/mol. The summed E-state index contributed by atoms with van der Waals surface area (Å²) in [6.45, 7) is 23.3. The Balaban J connectivity index is 1.24. The number of anilines is 2. The van der Waals surface area contributed by atoms with E-state index in [9.17, 15) is 0 Å². The predicted octanol–water partition coefficient (Wildman–Crippen LogP) is 13.0. The molecule has 0 N–H and O–H groups in total. The van der Waals surface area contributed by atoms with E-state index in [0.29, 0.717) is 18.0 Å². The molecule has 0 saturated carbocycles. The number of hydrogen-bond acceptors (Lipinski definition) is 3. The number of fused-ring (bicyclic) bond motifs is 4. The van der Waals surface area contributed by atoms with Gasteiger partial charge in [0, 0.05) is 6.20 Å². The van der Waals surface area contributed by atoms with Crippen molar-refractivity contribution in [3.05, 3.63) is 147 Å². The molecule has 0 aliphatic carbocycles. The van der Waals surface area contributed by atoms with Gasteiger partial charge in [-0.25, -0.2) is 0 Å². The topological polar surface area (TPSA) is 35.2 Å². The molecule has 0 atom stereocenters. The Morgan fingerprint density at radius 1 is 0.649 bits per heavy atom. The first-order chi connectivity index (χ1) is 26.8. The van der Waals surface area contributed by atoms with Crippen LogP contribution in [-0.4, -0.2) is 14.1 Å². The van der Waals surface area contributed by atoms with Gasteiger partial charge in [0.2, 0.25) is 0 Å². The van der Waals surface area contributed by atoms with Crippen LogP contribution in [0.1, 0.15) is 90.1 Å². The number of benzene rings is 5. The molecule has 0 spiro atoms. The van der Waals surface area contributed by atoms with E-state index < -0.39 is 0 Å². The maximum atomic E-state index is 6.77. The van der Waals surface area contributed by atoms with E-state index in [4.69, 9.17) is 9.72 Å². The summed E-state index contributed by atoms with van der Waals surface area (Å²) in [6, 6.07) is 42.7. The van der Waals surface area contributed by atoms with E-state index in [1.54, 1.807) is 0 Å². The molecule has 5 aromatic carbocycles. The van der Waals surface area contributed by atoms with Crippen molar-refractivity contribution in [1.82, 2.24) is 14.1 Å². The number of hydrogen-bond donors (Lipinski definition) is 0. The molecule has 3 heterocycles. The van der Waals surface area contributed by atoms with Gasteiger partial charge in [-0.15, -0.1) is 0 Å².